The van der Waals surface area contributed by atoms with Gasteiger partial charge in [0.15, 0.2) is 0 Å². The smallest absolute Gasteiger partial charge is 0.253 e. The van der Waals surface area contributed by atoms with Gasteiger partial charge in [0.2, 0.25) is 0 Å². The first kappa shape index (κ1) is 31.7. The minimum atomic E-state index is -0.323. The first-order chi connectivity index (χ1) is 17.1. The average molecular weight is 561 g/mol. The highest BCUT2D eigenvalue weighted by Crippen LogP contribution is 2.31. The van der Waals surface area contributed by atoms with Crippen molar-refractivity contribution in [2.45, 2.75) is 67.9 Å². The SMILES string of the molecule is C/C(=C\c1c(Br)ccnc1C)C(C)N1CC=C(c2c(C)cc(C(=O)N(C)C)cc2F)CC1.CC.CC. The summed E-state index contributed by atoms with van der Waals surface area (Å²) in [6, 6.07) is 5.37. The second-order valence-electron chi connectivity index (χ2n) is 8.68. The molecule has 0 aliphatic carbocycles. The van der Waals surface area contributed by atoms with Crippen LogP contribution in [-0.2, 0) is 0 Å². The maximum atomic E-state index is 15.0. The Bertz CT molecular complexity index is 1050. The summed E-state index contributed by atoms with van der Waals surface area (Å²) in [6.45, 7) is 17.8. The number of carbonyl (C=O) groups excluding carboxylic acids is 1. The van der Waals surface area contributed by atoms with Crippen LogP contribution in [0.25, 0.3) is 11.6 Å². The van der Waals surface area contributed by atoms with Crippen LogP contribution < -0.4 is 0 Å². The second kappa shape index (κ2) is 15.1. The predicted molar refractivity (Wildman–Crippen MR) is 156 cm³/mol. The summed E-state index contributed by atoms with van der Waals surface area (Å²) in [5.74, 6) is -0.509. The molecule has 0 radical (unpaired) electrons. The van der Waals surface area contributed by atoms with Crippen molar-refractivity contribution in [3.8, 4) is 0 Å². The molecule has 0 bridgehead atoms. The lowest BCUT2D eigenvalue weighted by molar-refractivity contribution is 0.0827. The Morgan fingerprint density at radius 2 is 1.83 bits per heavy atom. The molecule has 6 heteroatoms. The molecular weight excluding hydrogens is 517 g/mol. The molecule has 2 heterocycles. The summed E-state index contributed by atoms with van der Waals surface area (Å²) in [5, 5.41) is 0. The molecule has 1 unspecified atom stereocenters. The lowest BCUT2D eigenvalue weighted by Gasteiger charge is -2.33. The van der Waals surface area contributed by atoms with E-state index in [1.807, 2.05) is 47.6 Å². The summed E-state index contributed by atoms with van der Waals surface area (Å²) >= 11 is 3.62. The largest absolute Gasteiger partial charge is 0.345 e. The van der Waals surface area contributed by atoms with Crippen molar-refractivity contribution in [2.24, 2.45) is 0 Å². The van der Waals surface area contributed by atoms with Crippen LogP contribution in [0.3, 0.4) is 0 Å². The predicted octanol–water partition coefficient (Wildman–Crippen LogP) is 7.94. The first-order valence-corrected chi connectivity index (χ1v) is 13.6. The van der Waals surface area contributed by atoms with Crippen molar-refractivity contribution in [3.63, 3.8) is 0 Å². The molecule has 2 aromatic rings. The van der Waals surface area contributed by atoms with Gasteiger partial charge in [0.05, 0.1) is 0 Å². The molecule has 1 atom stereocenters. The van der Waals surface area contributed by atoms with Crippen LogP contribution in [0.4, 0.5) is 4.39 Å². The van der Waals surface area contributed by atoms with Gasteiger partial charge < -0.3 is 4.90 Å². The van der Waals surface area contributed by atoms with Crippen LogP contribution in [0, 0.1) is 19.7 Å². The number of hydrogen-bond acceptors (Lipinski definition) is 3. The van der Waals surface area contributed by atoms with Crippen LogP contribution >= 0.6 is 15.9 Å². The van der Waals surface area contributed by atoms with Gasteiger partial charge in [0, 0.05) is 66.3 Å². The monoisotopic (exact) mass is 559 g/mol. The fourth-order valence-corrected chi connectivity index (χ4v) is 4.67. The van der Waals surface area contributed by atoms with Gasteiger partial charge in [0.1, 0.15) is 5.82 Å². The maximum absolute atomic E-state index is 15.0. The van der Waals surface area contributed by atoms with E-state index in [-0.39, 0.29) is 17.8 Å². The van der Waals surface area contributed by atoms with E-state index >= 15 is 0 Å². The first-order valence-electron chi connectivity index (χ1n) is 12.8. The zero-order valence-electron chi connectivity index (χ0n) is 23.7. The van der Waals surface area contributed by atoms with E-state index in [0.29, 0.717) is 11.1 Å². The molecule has 1 aliphatic heterocycles. The van der Waals surface area contributed by atoms with E-state index in [1.165, 1.54) is 16.5 Å². The number of nitrogens with zero attached hydrogens (tertiary/aromatic N) is 3. The van der Waals surface area contributed by atoms with Crippen LogP contribution in [0.5, 0.6) is 0 Å². The van der Waals surface area contributed by atoms with E-state index in [2.05, 4.69) is 51.8 Å². The van der Waals surface area contributed by atoms with Crippen LogP contribution in [0.15, 0.2) is 40.5 Å². The molecule has 0 spiro atoms. The van der Waals surface area contributed by atoms with Gasteiger partial charge in [0.25, 0.3) is 5.91 Å². The zero-order chi connectivity index (χ0) is 27.6. The van der Waals surface area contributed by atoms with Gasteiger partial charge >= 0.3 is 0 Å². The molecule has 198 valence electrons. The summed E-state index contributed by atoms with van der Waals surface area (Å²) < 4.78 is 16.0. The molecule has 36 heavy (non-hydrogen) atoms. The molecule has 0 fully saturated rings. The van der Waals surface area contributed by atoms with Gasteiger partial charge in [-0.2, -0.15) is 0 Å². The highest BCUT2D eigenvalue weighted by molar-refractivity contribution is 9.10. The van der Waals surface area contributed by atoms with Gasteiger partial charge in [-0.15, -0.1) is 0 Å². The third kappa shape index (κ3) is 7.84. The Hall–Kier alpha value is -2.31. The summed E-state index contributed by atoms with van der Waals surface area (Å²) in [5.41, 5.74) is 6.19. The quantitative estimate of drug-likeness (QED) is 0.373. The van der Waals surface area contributed by atoms with E-state index in [4.69, 9.17) is 0 Å². The van der Waals surface area contributed by atoms with E-state index in [0.717, 1.165) is 46.4 Å². The summed E-state index contributed by atoms with van der Waals surface area (Å²) in [4.78, 5) is 20.5. The molecule has 4 nitrogen and oxygen atoms in total. The van der Waals surface area contributed by atoms with Crippen molar-refractivity contribution in [3.05, 3.63) is 74.3 Å². The molecule has 3 rings (SSSR count). The fourth-order valence-electron chi connectivity index (χ4n) is 4.15. The second-order valence-corrected chi connectivity index (χ2v) is 9.53. The van der Waals surface area contributed by atoms with Crippen LogP contribution in [0.1, 0.15) is 80.7 Å². The maximum Gasteiger partial charge on any atom is 0.253 e. The van der Waals surface area contributed by atoms with Gasteiger partial charge in [-0.25, -0.2) is 4.39 Å². The lowest BCUT2D eigenvalue weighted by Crippen LogP contribution is -2.37. The highest BCUT2D eigenvalue weighted by atomic mass is 79.9. The van der Waals surface area contributed by atoms with Crippen molar-refractivity contribution >= 4 is 33.5 Å². The highest BCUT2D eigenvalue weighted by Gasteiger charge is 2.23. The summed E-state index contributed by atoms with van der Waals surface area (Å²) in [7, 11) is 3.35. The number of carbonyl (C=O) groups is 1. The Morgan fingerprint density at radius 1 is 1.19 bits per heavy atom. The molecule has 1 aromatic heterocycles. The van der Waals surface area contributed by atoms with Gasteiger partial charge in [-0.05, 0) is 63.5 Å². The third-order valence-electron chi connectivity index (χ3n) is 6.22. The van der Waals surface area contributed by atoms with Gasteiger partial charge in [-0.1, -0.05) is 61.4 Å². The number of aromatic nitrogens is 1. The van der Waals surface area contributed by atoms with Crippen molar-refractivity contribution in [1.29, 1.82) is 0 Å². The minimum Gasteiger partial charge on any atom is -0.345 e. The average Bonchev–Trinajstić information content (AvgIpc) is 2.87. The Balaban J connectivity index is 0.00000154. The number of pyridine rings is 1. The molecule has 1 aromatic carbocycles. The van der Waals surface area contributed by atoms with Crippen molar-refractivity contribution in [2.75, 3.05) is 27.2 Å². The van der Waals surface area contributed by atoms with E-state index in [9.17, 15) is 9.18 Å². The third-order valence-corrected chi connectivity index (χ3v) is 6.91. The van der Waals surface area contributed by atoms with Crippen molar-refractivity contribution in [1.82, 2.24) is 14.8 Å². The van der Waals surface area contributed by atoms with Gasteiger partial charge in [-0.3, -0.25) is 14.7 Å². The zero-order valence-corrected chi connectivity index (χ0v) is 25.3. The van der Waals surface area contributed by atoms with Crippen molar-refractivity contribution < 1.29 is 9.18 Å². The number of rotatable bonds is 5. The number of benzene rings is 1. The minimum absolute atomic E-state index is 0.186. The number of aryl methyl sites for hydroxylation is 2. The molecule has 1 amide bonds. The molecular formula is C30H43BrFN3O. The molecule has 0 N–H and O–H groups in total. The van der Waals surface area contributed by atoms with E-state index in [1.54, 1.807) is 26.4 Å². The lowest BCUT2D eigenvalue weighted by atomic mass is 9.92. The van der Waals surface area contributed by atoms with E-state index < -0.39 is 0 Å². The number of amides is 1. The Labute approximate surface area is 226 Å². The molecule has 1 aliphatic rings. The Morgan fingerprint density at radius 3 is 2.33 bits per heavy atom. The number of halogens is 2. The Kier molecular flexibility index (Phi) is 13.3. The van der Waals surface area contributed by atoms with Crippen LogP contribution in [-0.4, -0.2) is 53.9 Å². The molecule has 0 saturated carbocycles. The standard InChI is InChI=1S/C26H31BrFN3O.2C2H6/c1-16(14-22-18(3)29-10-7-23(22)27)19(4)31-11-8-20(9-12-31)25-17(2)13-21(15-24(25)28)26(32)30(5)6;2*1-2/h7-8,10,13-15,19H,9,11-12H2,1-6H3;2*1-2H3/b16-14+;;. The molecule has 0 saturated heterocycles. The summed E-state index contributed by atoms with van der Waals surface area (Å²) in [6.07, 6.45) is 6.89. The topological polar surface area (TPSA) is 36.4 Å². The fraction of sp³-hybridized carbons (Fsp3) is 0.467. The number of hydrogen-bond donors (Lipinski definition) is 0. The van der Waals surface area contributed by atoms with Crippen LogP contribution in [0.2, 0.25) is 0 Å². The normalized spacial score (nSPS) is 14.6.